The molecule has 2 amide bonds. The van der Waals surface area contributed by atoms with E-state index in [1.54, 1.807) is 29.8 Å². The third-order valence-electron chi connectivity index (χ3n) is 5.56. The first-order valence-electron chi connectivity index (χ1n) is 11.2. The van der Waals surface area contributed by atoms with Gasteiger partial charge in [-0.15, -0.1) is 0 Å². The van der Waals surface area contributed by atoms with Crippen LogP contribution in [0.5, 0.6) is 0 Å². The van der Waals surface area contributed by atoms with Crippen LogP contribution in [0.2, 0.25) is 10.0 Å². The van der Waals surface area contributed by atoms with E-state index < -0.39 is 17.7 Å². The molecule has 2 aromatic heterocycles. The van der Waals surface area contributed by atoms with Crippen LogP contribution in [0.25, 0.3) is 16.7 Å². The second kappa shape index (κ2) is 11.4. The number of nitrogens with zero attached hydrogens (tertiary/aromatic N) is 5. The van der Waals surface area contributed by atoms with Gasteiger partial charge in [0, 0.05) is 25.3 Å². The molecule has 3 heterocycles. The van der Waals surface area contributed by atoms with E-state index in [0.29, 0.717) is 29.9 Å². The molecule has 1 aromatic carbocycles. The van der Waals surface area contributed by atoms with Gasteiger partial charge in [0.1, 0.15) is 11.8 Å². The third-order valence-corrected chi connectivity index (χ3v) is 6.14. The number of fused-ring (bicyclic) bond motifs is 1. The first-order valence-corrected chi connectivity index (χ1v) is 12.0. The van der Waals surface area contributed by atoms with Crippen molar-refractivity contribution in [3.05, 3.63) is 50.9 Å². The Kier molecular flexibility index (Phi) is 8.08. The average molecular weight is 546 g/mol. The molecule has 37 heavy (non-hydrogen) atoms. The molecular weight excluding hydrogens is 525 g/mol. The standard InChI is InChI=1S/C23H21Cl2N7O5/c1-2-37-23(35)28-22(34)17(11-26)30-29-13-9-15(24)21(16(25)10-13)32-18-3-4-20(33)31(19(18)12-27-32)14-5-7-36-8-6-14/h3-4,9-10,12,14,29H,2,5-8H2,1H3,(H,28,34,35)/b30-17-. The minimum absolute atomic E-state index is 0.00617. The number of carbonyl (C=O) groups excluding carboxylic acids is 2. The number of rotatable bonds is 6. The number of amides is 2. The summed E-state index contributed by atoms with van der Waals surface area (Å²) in [4.78, 5) is 36.1. The molecule has 3 aromatic rings. The van der Waals surface area contributed by atoms with Crippen molar-refractivity contribution in [2.75, 3.05) is 25.2 Å². The number of alkyl carbamates (subject to hydrolysis) is 1. The maximum atomic E-state index is 12.7. The van der Waals surface area contributed by atoms with Gasteiger partial charge in [0.2, 0.25) is 5.71 Å². The Morgan fingerprint density at radius 3 is 2.59 bits per heavy atom. The van der Waals surface area contributed by atoms with E-state index in [2.05, 4.69) is 20.4 Å². The maximum Gasteiger partial charge on any atom is 0.414 e. The highest BCUT2D eigenvalue weighted by Gasteiger charge is 2.22. The van der Waals surface area contributed by atoms with E-state index >= 15 is 0 Å². The summed E-state index contributed by atoms with van der Waals surface area (Å²) < 4.78 is 13.3. The molecule has 192 valence electrons. The van der Waals surface area contributed by atoms with Crippen LogP contribution in [0.15, 0.2) is 40.4 Å². The van der Waals surface area contributed by atoms with E-state index in [1.165, 1.54) is 22.9 Å². The van der Waals surface area contributed by atoms with Gasteiger partial charge in [-0.25, -0.2) is 9.48 Å². The van der Waals surface area contributed by atoms with Crippen LogP contribution in [0.4, 0.5) is 10.5 Å². The Hall–Kier alpha value is -3.92. The number of nitrogens with one attached hydrogen (secondary N) is 2. The van der Waals surface area contributed by atoms with Crippen LogP contribution in [0.3, 0.4) is 0 Å². The first-order chi connectivity index (χ1) is 17.8. The Bertz CT molecular complexity index is 1460. The summed E-state index contributed by atoms with van der Waals surface area (Å²) in [6, 6.07) is 7.68. The number of hydrogen-bond donors (Lipinski definition) is 2. The topological polar surface area (TPSA) is 153 Å². The lowest BCUT2D eigenvalue weighted by Crippen LogP contribution is -2.36. The number of hydrogen-bond acceptors (Lipinski definition) is 9. The zero-order valence-electron chi connectivity index (χ0n) is 19.5. The van der Waals surface area contributed by atoms with Crippen molar-refractivity contribution in [2.45, 2.75) is 25.8 Å². The van der Waals surface area contributed by atoms with Crippen molar-refractivity contribution >= 4 is 57.6 Å². The molecule has 2 N–H and O–H groups in total. The quantitative estimate of drug-likeness (QED) is 0.353. The Morgan fingerprint density at radius 1 is 1.24 bits per heavy atom. The van der Waals surface area contributed by atoms with Crippen molar-refractivity contribution in [1.29, 1.82) is 5.26 Å². The van der Waals surface area contributed by atoms with Crippen molar-refractivity contribution in [3.63, 3.8) is 0 Å². The van der Waals surface area contributed by atoms with Crippen LogP contribution in [-0.4, -0.2) is 51.9 Å². The maximum absolute atomic E-state index is 12.7. The molecule has 0 spiro atoms. The highest BCUT2D eigenvalue weighted by molar-refractivity contribution is 6.47. The second-order valence-corrected chi connectivity index (χ2v) is 8.67. The Morgan fingerprint density at radius 2 is 1.95 bits per heavy atom. The third kappa shape index (κ3) is 5.59. The van der Waals surface area contributed by atoms with E-state index in [4.69, 9.17) is 27.9 Å². The summed E-state index contributed by atoms with van der Waals surface area (Å²) >= 11 is 13.1. The van der Waals surface area contributed by atoms with E-state index in [-0.39, 0.29) is 33.9 Å². The minimum Gasteiger partial charge on any atom is -0.450 e. The summed E-state index contributed by atoms with van der Waals surface area (Å²) in [5.41, 5.74) is 3.70. The van der Waals surface area contributed by atoms with E-state index in [9.17, 15) is 19.6 Å². The normalized spacial score (nSPS) is 14.3. The number of imide groups is 1. The monoisotopic (exact) mass is 545 g/mol. The van der Waals surface area contributed by atoms with Gasteiger partial charge in [0.25, 0.3) is 11.5 Å². The first kappa shape index (κ1) is 26.2. The predicted octanol–water partition coefficient (Wildman–Crippen LogP) is 3.41. The summed E-state index contributed by atoms with van der Waals surface area (Å²) in [7, 11) is 0. The summed E-state index contributed by atoms with van der Waals surface area (Å²) in [5, 5.41) is 19.6. The molecule has 0 atom stereocenters. The van der Waals surface area contributed by atoms with Crippen LogP contribution < -0.4 is 16.3 Å². The molecule has 0 bridgehead atoms. The molecule has 0 radical (unpaired) electrons. The molecule has 1 aliphatic rings. The van der Waals surface area contributed by atoms with Crippen LogP contribution in [-0.2, 0) is 14.3 Å². The van der Waals surface area contributed by atoms with Gasteiger partial charge in [-0.1, -0.05) is 23.2 Å². The highest BCUT2D eigenvalue weighted by atomic mass is 35.5. The van der Waals surface area contributed by atoms with Gasteiger partial charge >= 0.3 is 6.09 Å². The van der Waals surface area contributed by atoms with Crippen molar-refractivity contribution in [3.8, 4) is 11.8 Å². The number of halogens is 2. The molecule has 12 nitrogen and oxygen atoms in total. The van der Waals surface area contributed by atoms with Crippen LogP contribution >= 0.6 is 23.2 Å². The van der Waals surface area contributed by atoms with Gasteiger partial charge in [0.05, 0.1) is 39.6 Å². The summed E-state index contributed by atoms with van der Waals surface area (Å²) in [6.45, 7) is 2.78. The molecule has 1 fully saturated rings. The number of aromatic nitrogens is 3. The molecule has 4 rings (SSSR count). The average Bonchev–Trinajstić information content (AvgIpc) is 3.28. The molecule has 0 unspecified atom stereocenters. The number of pyridine rings is 1. The fourth-order valence-corrected chi connectivity index (χ4v) is 4.58. The van der Waals surface area contributed by atoms with Gasteiger partial charge in [0.15, 0.2) is 0 Å². The van der Waals surface area contributed by atoms with E-state index in [1.807, 2.05) is 5.32 Å². The van der Waals surface area contributed by atoms with Crippen molar-refractivity contribution < 1.29 is 19.1 Å². The number of hydrazone groups is 1. The smallest absolute Gasteiger partial charge is 0.414 e. The zero-order valence-corrected chi connectivity index (χ0v) is 21.0. The number of benzene rings is 1. The van der Waals surface area contributed by atoms with Gasteiger partial charge < -0.3 is 14.0 Å². The van der Waals surface area contributed by atoms with E-state index in [0.717, 1.165) is 12.8 Å². The highest BCUT2D eigenvalue weighted by Crippen LogP contribution is 2.34. The molecule has 14 heteroatoms. The number of nitriles is 1. The Labute approximate surface area is 220 Å². The SMILES string of the molecule is CCOC(=O)NC(=O)/C(C#N)=N\Nc1cc(Cl)c(-n2ncc3c2ccc(=O)n3C2CCOCC2)c(Cl)c1. The number of ether oxygens (including phenoxy) is 2. The Balaban J connectivity index is 1.63. The fourth-order valence-electron chi connectivity index (χ4n) is 3.94. The largest absolute Gasteiger partial charge is 0.450 e. The van der Waals surface area contributed by atoms with Gasteiger partial charge in [-0.3, -0.25) is 20.3 Å². The molecule has 1 aliphatic heterocycles. The molecular formula is C23H21Cl2N7O5. The fraction of sp³-hybridized carbons (Fsp3) is 0.304. The van der Waals surface area contributed by atoms with Crippen LogP contribution in [0.1, 0.15) is 25.8 Å². The lowest BCUT2D eigenvalue weighted by Gasteiger charge is -2.24. The minimum atomic E-state index is -1.04. The van der Waals surface area contributed by atoms with Crippen LogP contribution in [0, 0.1) is 11.3 Å². The van der Waals surface area contributed by atoms with Gasteiger partial charge in [-0.05, 0) is 38.0 Å². The van der Waals surface area contributed by atoms with Crippen molar-refractivity contribution in [2.24, 2.45) is 5.10 Å². The summed E-state index contributed by atoms with van der Waals surface area (Å²) in [5.74, 6) is -1.04. The summed E-state index contributed by atoms with van der Waals surface area (Å²) in [6.07, 6.45) is 2.03. The lowest BCUT2D eigenvalue weighted by atomic mass is 10.1. The van der Waals surface area contributed by atoms with Crippen molar-refractivity contribution in [1.82, 2.24) is 19.7 Å². The van der Waals surface area contributed by atoms with Gasteiger partial charge in [-0.2, -0.15) is 15.5 Å². The lowest BCUT2D eigenvalue weighted by molar-refractivity contribution is -0.114. The number of carbonyl (C=O) groups is 2. The predicted molar refractivity (Wildman–Crippen MR) is 136 cm³/mol. The molecule has 0 saturated carbocycles. The molecule has 1 saturated heterocycles. The second-order valence-electron chi connectivity index (χ2n) is 7.86. The number of anilines is 1. The zero-order chi connectivity index (χ0) is 26.5. The molecule has 0 aliphatic carbocycles.